The molecule has 0 bridgehead atoms. The van der Waals surface area contributed by atoms with Gasteiger partial charge in [0.15, 0.2) is 0 Å². The summed E-state index contributed by atoms with van der Waals surface area (Å²) in [5.74, 6) is -0.578. The molecule has 1 amide bonds. The summed E-state index contributed by atoms with van der Waals surface area (Å²) in [4.78, 5) is 14.3. The van der Waals surface area contributed by atoms with Crippen molar-refractivity contribution >= 4 is 17.3 Å². The number of amides is 1. The van der Waals surface area contributed by atoms with E-state index in [1.54, 1.807) is 12.1 Å². The van der Waals surface area contributed by atoms with Gasteiger partial charge in [-0.25, -0.2) is 0 Å². The van der Waals surface area contributed by atoms with Crippen molar-refractivity contribution in [1.29, 1.82) is 0 Å². The number of carbonyl (C=O) groups excluding carboxylic acids is 1. The number of hydrogen-bond donors (Lipinski definition) is 1. The van der Waals surface area contributed by atoms with E-state index >= 15 is 0 Å². The molecule has 0 unspecified atom stereocenters. The molecule has 3 rings (SSSR count). The Morgan fingerprint density at radius 2 is 1.72 bits per heavy atom. The third kappa shape index (κ3) is 4.30. The molecule has 2 aromatic carbocycles. The van der Waals surface area contributed by atoms with E-state index in [2.05, 4.69) is 10.2 Å². The third-order valence-corrected chi connectivity index (χ3v) is 3.95. The van der Waals surface area contributed by atoms with E-state index in [1.807, 2.05) is 12.1 Å². The van der Waals surface area contributed by atoms with E-state index in [-0.39, 0.29) is 5.56 Å². The first-order chi connectivity index (χ1) is 11.9. The van der Waals surface area contributed by atoms with E-state index < -0.39 is 17.6 Å². The molecule has 0 radical (unpaired) electrons. The minimum atomic E-state index is -4.48. The quantitative estimate of drug-likeness (QED) is 0.916. The predicted molar refractivity (Wildman–Crippen MR) is 88.9 cm³/mol. The summed E-state index contributed by atoms with van der Waals surface area (Å²) in [6, 6.07) is 11.6. The molecule has 0 saturated carbocycles. The van der Waals surface area contributed by atoms with Crippen LogP contribution in [0.4, 0.5) is 24.5 Å². The number of carbonyl (C=O) groups is 1. The van der Waals surface area contributed by atoms with Gasteiger partial charge in [-0.05, 0) is 42.5 Å². The molecule has 1 heterocycles. The van der Waals surface area contributed by atoms with Gasteiger partial charge in [0.25, 0.3) is 5.91 Å². The number of hydrogen-bond acceptors (Lipinski definition) is 3. The van der Waals surface area contributed by atoms with Crippen LogP contribution in [0.25, 0.3) is 0 Å². The second-order valence-corrected chi connectivity index (χ2v) is 5.68. The maximum Gasteiger partial charge on any atom is 0.416 e. The highest BCUT2D eigenvalue weighted by atomic mass is 19.4. The molecule has 4 nitrogen and oxygen atoms in total. The third-order valence-electron chi connectivity index (χ3n) is 3.95. The molecule has 1 saturated heterocycles. The van der Waals surface area contributed by atoms with Gasteiger partial charge in [-0.2, -0.15) is 13.2 Å². The van der Waals surface area contributed by atoms with Crippen molar-refractivity contribution in [1.82, 2.24) is 0 Å². The Bertz CT molecular complexity index is 739. The van der Waals surface area contributed by atoms with Crippen LogP contribution in [0.3, 0.4) is 0 Å². The SMILES string of the molecule is O=C(Nc1ccc(N2CCOCC2)cc1)c1cccc(C(F)(F)F)c1. The summed E-state index contributed by atoms with van der Waals surface area (Å²) in [5, 5.41) is 2.62. The lowest BCUT2D eigenvalue weighted by Crippen LogP contribution is -2.36. The molecule has 1 N–H and O–H groups in total. The zero-order chi connectivity index (χ0) is 17.9. The Hall–Kier alpha value is -2.54. The van der Waals surface area contributed by atoms with E-state index in [1.165, 1.54) is 12.1 Å². The van der Waals surface area contributed by atoms with Gasteiger partial charge in [0.2, 0.25) is 0 Å². The number of nitrogens with zero attached hydrogens (tertiary/aromatic N) is 1. The largest absolute Gasteiger partial charge is 0.416 e. The van der Waals surface area contributed by atoms with Crippen molar-refractivity contribution in [2.24, 2.45) is 0 Å². The monoisotopic (exact) mass is 350 g/mol. The first kappa shape index (κ1) is 17.3. The van der Waals surface area contributed by atoms with Gasteiger partial charge in [-0.3, -0.25) is 4.79 Å². The number of rotatable bonds is 3. The number of morpholine rings is 1. The van der Waals surface area contributed by atoms with E-state index in [9.17, 15) is 18.0 Å². The highest BCUT2D eigenvalue weighted by Gasteiger charge is 2.30. The summed E-state index contributed by atoms with van der Waals surface area (Å²) in [5.41, 5.74) is 0.662. The predicted octanol–water partition coefficient (Wildman–Crippen LogP) is 3.79. The molecule has 0 spiro atoms. The first-order valence-electron chi connectivity index (χ1n) is 7.85. The van der Waals surface area contributed by atoms with Crippen LogP contribution < -0.4 is 10.2 Å². The summed E-state index contributed by atoms with van der Waals surface area (Å²) >= 11 is 0. The summed E-state index contributed by atoms with van der Waals surface area (Å²) in [6.45, 7) is 2.95. The second kappa shape index (κ2) is 7.14. The number of alkyl halides is 3. The molecular weight excluding hydrogens is 333 g/mol. The lowest BCUT2D eigenvalue weighted by Gasteiger charge is -2.28. The van der Waals surface area contributed by atoms with Gasteiger partial charge in [0, 0.05) is 30.0 Å². The van der Waals surface area contributed by atoms with Crippen LogP contribution in [0.15, 0.2) is 48.5 Å². The number of benzene rings is 2. The van der Waals surface area contributed by atoms with Crippen molar-refractivity contribution in [3.63, 3.8) is 0 Å². The van der Waals surface area contributed by atoms with Crippen LogP contribution in [0, 0.1) is 0 Å². The fourth-order valence-corrected chi connectivity index (χ4v) is 2.62. The highest BCUT2D eigenvalue weighted by Crippen LogP contribution is 2.29. The summed E-state index contributed by atoms with van der Waals surface area (Å²) in [6.07, 6.45) is -4.48. The van der Waals surface area contributed by atoms with Gasteiger partial charge in [0.05, 0.1) is 18.8 Å². The van der Waals surface area contributed by atoms with Crippen molar-refractivity contribution in [3.05, 3.63) is 59.7 Å². The van der Waals surface area contributed by atoms with Crippen LogP contribution in [0.5, 0.6) is 0 Å². The van der Waals surface area contributed by atoms with Crippen LogP contribution >= 0.6 is 0 Å². The Kier molecular flexibility index (Phi) is 4.94. The minimum Gasteiger partial charge on any atom is -0.378 e. The van der Waals surface area contributed by atoms with E-state index in [4.69, 9.17) is 4.74 Å². The normalized spacial score (nSPS) is 15.1. The fourth-order valence-electron chi connectivity index (χ4n) is 2.62. The molecule has 0 aliphatic carbocycles. The van der Waals surface area contributed by atoms with Gasteiger partial charge in [-0.15, -0.1) is 0 Å². The van der Waals surface area contributed by atoms with E-state index in [0.29, 0.717) is 18.9 Å². The average molecular weight is 350 g/mol. The Balaban J connectivity index is 1.68. The molecule has 7 heteroatoms. The molecular formula is C18H17F3N2O2. The molecule has 1 aliphatic heterocycles. The lowest BCUT2D eigenvalue weighted by molar-refractivity contribution is -0.137. The topological polar surface area (TPSA) is 41.6 Å². The molecule has 132 valence electrons. The standard InChI is InChI=1S/C18H17F3N2O2/c19-18(20,21)14-3-1-2-13(12-14)17(24)22-15-4-6-16(7-5-15)23-8-10-25-11-9-23/h1-7,12H,8-11H2,(H,22,24). The van der Waals surface area contributed by atoms with Crippen LogP contribution in [0.1, 0.15) is 15.9 Å². The van der Waals surface area contributed by atoms with Crippen LogP contribution in [-0.4, -0.2) is 32.2 Å². The van der Waals surface area contributed by atoms with Crippen molar-refractivity contribution in [3.8, 4) is 0 Å². The lowest BCUT2D eigenvalue weighted by atomic mass is 10.1. The zero-order valence-corrected chi connectivity index (χ0v) is 13.3. The van der Waals surface area contributed by atoms with Gasteiger partial charge < -0.3 is 15.0 Å². The van der Waals surface area contributed by atoms with Crippen molar-refractivity contribution in [2.45, 2.75) is 6.18 Å². The molecule has 2 aromatic rings. The Morgan fingerprint density at radius 3 is 2.36 bits per heavy atom. The average Bonchev–Trinajstić information content (AvgIpc) is 2.62. The van der Waals surface area contributed by atoms with Gasteiger partial charge in [-0.1, -0.05) is 6.07 Å². The molecule has 1 aliphatic rings. The molecule has 25 heavy (non-hydrogen) atoms. The molecule has 0 aromatic heterocycles. The number of halogens is 3. The van der Waals surface area contributed by atoms with Crippen LogP contribution in [-0.2, 0) is 10.9 Å². The van der Waals surface area contributed by atoms with Gasteiger partial charge in [0.1, 0.15) is 0 Å². The summed E-state index contributed by atoms with van der Waals surface area (Å²) < 4.78 is 43.5. The highest BCUT2D eigenvalue weighted by molar-refractivity contribution is 6.04. The fraction of sp³-hybridized carbons (Fsp3) is 0.278. The number of ether oxygens (including phenoxy) is 1. The number of nitrogens with one attached hydrogen (secondary N) is 1. The first-order valence-corrected chi connectivity index (χ1v) is 7.85. The summed E-state index contributed by atoms with van der Waals surface area (Å²) in [7, 11) is 0. The van der Waals surface area contributed by atoms with Crippen LogP contribution in [0.2, 0.25) is 0 Å². The Morgan fingerprint density at radius 1 is 1.04 bits per heavy atom. The maximum absolute atomic E-state index is 12.7. The number of anilines is 2. The maximum atomic E-state index is 12.7. The van der Waals surface area contributed by atoms with E-state index in [0.717, 1.165) is 30.9 Å². The second-order valence-electron chi connectivity index (χ2n) is 5.68. The molecule has 0 atom stereocenters. The van der Waals surface area contributed by atoms with Crippen molar-refractivity contribution in [2.75, 3.05) is 36.5 Å². The zero-order valence-electron chi connectivity index (χ0n) is 13.3. The smallest absolute Gasteiger partial charge is 0.378 e. The molecule has 1 fully saturated rings. The van der Waals surface area contributed by atoms with Crippen molar-refractivity contribution < 1.29 is 22.7 Å². The Labute approximate surface area is 143 Å². The minimum absolute atomic E-state index is 0.0351. The van der Waals surface area contributed by atoms with Gasteiger partial charge >= 0.3 is 6.18 Å².